The lowest BCUT2D eigenvalue weighted by Crippen LogP contribution is -2.26. The Balaban J connectivity index is 1.73. The van der Waals surface area contributed by atoms with Crippen molar-refractivity contribution in [3.63, 3.8) is 0 Å². The molecule has 106 valence electrons. The summed E-state index contributed by atoms with van der Waals surface area (Å²) in [7, 11) is 1.69. The van der Waals surface area contributed by atoms with E-state index in [0.717, 1.165) is 30.8 Å². The fourth-order valence-corrected chi connectivity index (χ4v) is 1.98. The van der Waals surface area contributed by atoms with E-state index < -0.39 is 0 Å². The maximum absolute atomic E-state index is 5.16. The quantitative estimate of drug-likeness (QED) is 0.841. The van der Waals surface area contributed by atoms with Gasteiger partial charge in [-0.1, -0.05) is 12.1 Å². The molecule has 0 bridgehead atoms. The van der Waals surface area contributed by atoms with Crippen LogP contribution in [0.3, 0.4) is 0 Å². The molecule has 2 rings (SSSR count). The first-order valence-electron chi connectivity index (χ1n) is 6.91. The van der Waals surface area contributed by atoms with Gasteiger partial charge in [0.05, 0.1) is 12.8 Å². The van der Waals surface area contributed by atoms with E-state index in [1.807, 2.05) is 24.3 Å². The second kappa shape index (κ2) is 7.60. The number of hydrogen-bond acceptors (Lipinski definition) is 4. The number of hydrogen-bond donors (Lipinski definition) is 1. The molecular formula is C16H21N3O. The number of nitrogens with one attached hydrogen (secondary N) is 1. The summed E-state index contributed by atoms with van der Waals surface area (Å²) in [5.41, 5.74) is 2.31. The molecule has 1 N–H and O–H groups in total. The van der Waals surface area contributed by atoms with E-state index in [4.69, 9.17) is 4.74 Å². The monoisotopic (exact) mass is 271 g/mol. The molecule has 0 spiro atoms. The van der Waals surface area contributed by atoms with Crippen LogP contribution in [0.2, 0.25) is 0 Å². The van der Waals surface area contributed by atoms with Crippen molar-refractivity contribution in [3.8, 4) is 5.75 Å². The third kappa shape index (κ3) is 4.63. The van der Waals surface area contributed by atoms with Crippen molar-refractivity contribution in [2.45, 2.75) is 32.4 Å². The minimum Gasteiger partial charge on any atom is -0.497 e. The van der Waals surface area contributed by atoms with Gasteiger partial charge in [-0.05, 0) is 49.6 Å². The van der Waals surface area contributed by atoms with E-state index in [1.165, 1.54) is 5.56 Å². The van der Waals surface area contributed by atoms with Crippen LogP contribution >= 0.6 is 0 Å². The van der Waals surface area contributed by atoms with Crippen LogP contribution in [0.25, 0.3) is 0 Å². The Kier molecular flexibility index (Phi) is 5.50. The molecular weight excluding hydrogens is 250 g/mol. The molecule has 0 radical (unpaired) electrons. The van der Waals surface area contributed by atoms with Crippen molar-refractivity contribution in [1.82, 2.24) is 15.5 Å². The smallest absolute Gasteiger partial charge is 0.118 e. The van der Waals surface area contributed by atoms with Crippen molar-refractivity contribution in [3.05, 3.63) is 53.9 Å². The molecule has 2 aromatic rings. The van der Waals surface area contributed by atoms with Gasteiger partial charge >= 0.3 is 0 Å². The number of rotatable bonds is 7. The zero-order valence-electron chi connectivity index (χ0n) is 12.0. The van der Waals surface area contributed by atoms with Gasteiger partial charge in [0, 0.05) is 18.8 Å². The first-order chi connectivity index (χ1) is 9.78. The van der Waals surface area contributed by atoms with Crippen molar-refractivity contribution in [2.75, 3.05) is 7.11 Å². The van der Waals surface area contributed by atoms with Crippen molar-refractivity contribution in [1.29, 1.82) is 0 Å². The first-order valence-corrected chi connectivity index (χ1v) is 6.91. The number of nitrogens with zero attached hydrogens (tertiary/aromatic N) is 2. The molecule has 0 aliphatic carbocycles. The lowest BCUT2D eigenvalue weighted by atomic mass is 10.1. The van der Waals surface area contributed by atoms with E-state index in [1.54, 1.807) is 13.3 Å². The zero-order chi connectivity index (χ0) is 14.2. The van der Waals surface area contributed by atoms with E-state index in [0.29, 0.717) is 6.04 Å². The highest BCUT2D eigenvalue weighted by atomic mass is 16.5. The van der Waals surface area contributed by atoms with E-state index in [9.17, 15) is 0 Å². The normalized spacial score (nSPS) is 12.1. The number of aryl methyl sites for hydroxylation is 1. The zero-order valence-corrected chi connectivity index (χ0v) is 12.0. The van der Waals surface area contributed by atoms with Gasteiger partial charge in [0.2, 0.25) is 0 Å². The van der Waals surface area contributed by atoms with Crippen LogP contribution in [-0.4, -0.2) is 23.3 Å². The summed E-state index contributed by atoms with van der Waals surface area (Å²) in [5, 5.41) is 11.4. The maximum atomic E-state index is 5.16. The van der Waals surface area contributed by atoms with Gasteiger partial charge in [-0.2, -0.15) is 10.2 Å². The predicted octanol–water partition coefficient (Wildman–Crippen LogP) is 2.60. The number of aromatic nitrogens is 2. The molecule has 1 heterocycles. The predicted molar refractivity (Wildman–Crippen MR) is 79.6 cm³/mol. The Bertz CT molecular complexity index is 499. The van der Waals surface area contributed by atoms with Gasteiger partial charge in [0.25, 0.3) is 0 Å². The molecule has 1 atom stereocenters. The topological polar surface area (TPSA) is 47.0 Å². The number of benzene rings is 1. The molecule has 0 aliphatic rings. The SMILES string of the molecule is COc1ccc(CCC(C)NCc2cccnn2)cc1. The van der Waals surface area contributed by atoms with Crippen LogP contribution in [0.4, 0.5) is 0 Å². The van der Waals surface area contributed by atoms with Crippen LogP contribution in [0, 0.1) is 0 Å². The molecule has 0 saturated carbocycles. The summed E-state index contributed by atoms with van der Waals surface area (Å²) in [6.07, 6.45) is 3.84. The Hall–Kier alpha value is -1.94. The molecule has 1 aromatic carbocycles. The molecule has 0 aliphatic heterocycles. The standard InChI is InChI=1S/C16H21N3O/c1-13(17-12-15-4-3-11-18-19-15)5-6-14-7-9-16(20-2)10-8-14/h3-4,7-11,13,17H,5-6,12H2,1-2H3. The summed E-state index contributed by atoms with van der Waals surface area (Å²) in [4.78, 5) is 0. The van der Waals surface area contributed by atoms with E-state index >= 15 is 0 Å². The van der Waals surface area contributed by atoms with Gasteiger partial charge in [0.1, 0.15) is 5.75 Å². The molecule has 4 heteroatoms. The Labute approximate surface area is 120 Å². The highest BCUT2D eigenvalue weighted by molar-refractivity contribution is 5.27. The van der Waals surface area contributed by atoms with Gasteiger partial charge in [-0.3, -0.25) is 0 Å². The summed E-state index contributed by atoms with van der Waals surface area (Å²) in [5.74, 6) is 0.905. The van der Waals surface area contributed by atoms with Crippen molar-refractivity contribution in [2.24, 2.45) is 0 Å². The second-order valence-corrected chi connectivity index (χ2v) is 4.88. The Morgan fingerprint density at radius 1 is 1.20 bits per heavy atom. The van der Waals surface area contributed by atoms with Crippen LogP contribution in [0.5, 0.6) is 5.75 Å². The van der Waals surface area contributed by atoms with Gasteiger partial charge in [-0.15, -0.1) is 0 Å². The molecule has 0 fully saturated rings. The minimum absolute atomic E-state index is 0.444. The van der Waals surface area contributed by atoms with Crippen LogP contribution in [0.15, 0.2) is 42.6 Å². The third-order valence-electron chi connectivity index (χ3n) is 3.28. The molecule has 0 amide bonds. The summed E-state index contributed by atoms with van der Waals surface area (Å²) >= 11 is 0. The number of methoxy groups -OCH3 is 1. The fourth-order valence-electron chi connectivity index (χ4n) is 1.98. The average molecular weight is 271 g/mol. The Morgan fingerprint density at radius 3 is 2.65 bits per heavy atom. The molecule has 4 nitrogen and oxygen atoms in total. The molecule has 20 heavy (non-hydrogen) atoms. The average Bonchev–Trinajstić information content (AvgIpc) is 2.52. The van der Waals surface area contributed by atoms with E-state index in [-0.39, 0.29) is 0 Å². The first kappa shape index (κ1) is 14.5. The van der Waals surface area contributed by atoms with Crippen molar-refractivity contribution >= 4 is 0 Å². The van der Waals surface area contributed by atoms with Gasteiger partial charge in [-0.25, -0.2) is 0 Å². The van der Waals surface area contributed by atoms with Crippen LogP contribution < -0.4 is 10.1 Å². The van der Waals surface area contributed by atoms with E-state index in [2.05, 4.69) is 34.6 Å². The second-order valence-electron chi connectivity index (χ2n) is 4.88. The maximum Gasteiger partial charge on any atom is 0.118 e. The summed E-state index contributed by atoms with van der Waals surface area (Å²) in [6, 6.07) is 12.6. The third-order valence-corrected chi connectivity index (χ3v) is 3.28. The van der Waals surface area contributed by atoms with Gasteiger partial charge < -0.3 is 10.1 Å². The highest BCUT2D eigenvalue weighted by Gasteiger charge is 2.03. The largest absolute Gasteiger partial charge is 0.497 e. The lowest BCUT2D eigenvalue weighted by molar-refractivity contribution is 0.414. The summed E-state index contributed by atoms with van der Waals surface area (Å²) in [6.45, 7) is 2.96. The molecule has 1 unspecified atom stereocenters. The number of ether oxygens (including phenoxy) is 1. The fraction of sp³-hybridized carbons (Fsp3) is 0.375. The minimum atomic E-state index is 0.444. The highest BCUT2D eigenvalue weighted by Crippen LogP contribution is 2.13. The van der Waals surface area contributed by atoms with Crippen LogP contribution in [0.1, 0.15) is 24.6 Å². The summed E-state index contributed by atoms with van der Waals surface area (Å²) < 4.78 is 5.16. The Morgan fingerprint density at radius 2 is 2.00 bits per heavy atom. The molecule has 1 aromatic heterocycles. The van der Waals surface area contributed by atoms with Crippen LogP contribution in [-0.2, 0) is 13.0 Å². The van der Waals surface area contributed by atoms with Gasteiger partial charge in [0.15, 0.2) is 0 Å². The lowest BCUT2D eigenvalue weighted by Gasteiger charge is -2.13. The molecule has 0 saturated heterocycles. The van der Waals surface area contributed by atoms with Crippen molar-refractivity contribution < 1.29 is 4.74 Å².